The maximum Gasteiger partial charge on any atom is 0.491 e. The van der Waals surface area contributed by atoms with E-state index in [2.05, 4.69) is 4.74 Å². The van der Waals surface area contributed by atoms with Crippen LogP contribution in [0.4, 0.5) is 13.2 Å². The molecule has 1 aliphatic heterocycles. The highest BCUT2D eigenvalue weighted by Gasteiger charge is 2.42. The van der Waals surface area contributed by atoms with Crippen LogP contribution in [0, 0.1) is 0 Å². The summed E-state index contributed by atoms with van der Waals surface area (Å²) in [5.74, 6) is -2.26. The van der Waals surface area contributed by atoms with Crippen LogP contribution < -0.4 is 9.47 Å². The molecular weight excluding hydrogens is 491 g/mol. The van der Waals surface area contributed by atoms with Gasteiger partial charge in [-0.05, 0) is 40.6 Å². The van der Waals surface area contributed by atoms with Crippen molar-refractivity contribution in [2.24, 2.45) is 0 Å². The third-order valence-corrected chi connectivity index (χ3v) is 5.81. The third kappa shape index (κ3) is 7.68. The molecule has 196 valence electrons. The van der Waals surface area contributed by atoms with Crippen molar-refractivity contribution in [2.45, 2.75) is 18.7 Å². The van der Waals surface area contributed by atoms with Gasteiger partial charge in [-0.1, -0.05) is 42.5 Å². The van der Waals surface area contributed by atoms with E-state index in [1.807, 2.05) is 71.6 Å². The number of carbonyl (C=O) groups excluding carboxylic acids is 2. The van der Waals surface area contributed by atoms with Crippen LogP contribution in [0.2, 0.25) is 0 Å². The van der Waals surface area contributed by atoms with E-state index in [9.17, 15) is 22.8 Å². The first kappa shape index (κ1) is 26.4. The van der Waals surface area contributed by atoms with Gasteiger partial charge in [-0.2, -0.15) is 13.2 Å². The molecule has 1 aliphatic rings. The Balaban J connectivity index is 1.19. The van der Waals surface area contributed by atoms with Gasteiger partial charge in [0.1, 0.15) is 24.7 Å². The Morgan fingerprint density at radius 1 is 0.919 bits per heavy atom. The van der Waals surface area contributed by atoms with Crippen molar-refractivity contribution < 1.29 is 41.7 Å². The SMILES string of the molecule is O=C(CCN1CCOC(c2ccc(OCCOc3ccc4ccccc4c3)cc2)C1)OC(=O)C(F)(F)F. The predicted molar refractivity (Wildman–Crippen MR) is 128 cm³/mol. The van der Waals surface area contributed by atoms with Crippen LogP contribution in [-0.4, -0.2) is 62.5 Å². The van der Waals surface area contributed by atoms with Crippen LogP contribution in [0.25, 0.3) is 10.8 Å². The van der Waals surface area contributed by atoms with Crippen molar-refractivity contribution in [3.63, 3.8) is 0 Å². The van der Waals surface area contributed by atoms with Crippen molar-refractivity contribution in [3.05, 3.63) is 72.3 Å². The summed E-state index contributed by atoms with van der Waals surface area (Å²) in [6, 6.07) is 21.4. The Hall–Kier alpha value is -3.63. The van der Waals surface area contributed by atoms with E-state index in [-0.39, 0.29) is 19.1 Å². The molecule has 1 fully saturated rings. The lowest BCUT2D eigenvalue weighted by atomic mass is 10.1. The summed E-state index contributed by atoms with van der Waals surface area (Å²) < 4.78 is 57.8. The van der Waals surface area contributed by atoms with Gasteiger partial charge in [-0.3, -0.25) is 9.69 Å². The zero-order chi connectivity index (χ0) is 26.3. The Kier molecular flexibility index (Phi) is 8.62. The summed E-state index contributed by atoms with van der Waals surface area (Å²) in [4.78, 5) is 24.2. The lowest BCUT2D eigenvalue weighted by Crippen LogP contribution is -2.39. The molecule has 10 heteroatoms. The standard InChI is InChI=1S/C27H26F3NO6/c28-27(29,30)26(33)37-25(32)11-12-31-13-14-36-24(18-31)20-6-8-22(9-7-20)34-15-16-35-23-10-5-19-3-1-2-4-21(19)17-23/h1-10,17,24H,11-16,18H2. The third-order valence-electron chi connectivity index (χ3n) is 5.81. The second-order valence-corrected chi connectivity index (χ2v) is 8.44. The first-order chi connectivity index (χ1) is 17.8. The van der Waals surface area contributed by atoms with Gasteiger partial charge in [0, 0.05) is 19.6 Å². The number of hydrogen-bond acceptors (Lipinski definition) is 7. The van der Waals surface area contributed by atoms with E-state index in [1.165, 1.54) is 0 Å². The van der Waals surface area contributed by atoms with E-state index in [0.717, 1.165) is 22.1 Å². The second-order valence-electron chi connectivity index (χ2n) is 8.44. The van der Waals surface area contributed by atoms with Gasteiger partial charge >= 0.3 is 18.1 Å². The molecule has 0 bridgehead atoms. The number of morpholine rings is 1. The maximum atomic E-state index is 12.2. The molecule has 1 saturated heterocycles. The minimum absolute atomic E-state index is 0.155. The van der Waals surface area contributed by atoms with E-state index in [1.54, 1.807) is 0 Å². The van der Waals surface area contributed by atoms with Gasteiger partial charge in [0.2, 0.25) is 0 Å². The Morgan fingerprint density at radius 2 is 1.59 bits per heavy atom. The van der Waals surface area contributed by atoms with Gasteiger partial charge in [0.05, 0.1) is 19.1 Å². The van der Waals surface area contributed by atoms with Gasteiger partial charge in [-0.15, -0.1) is 0 Å². The van der Waals surface area contributed by atoms with Crippen LogP contribution in [0.1, 0.15) is 18.1 Å². The molecule has 1 atom stereocenters. The van der Waals surface area contributed by atoms with Crippen LogP contribution in [-0.2, 0) is 19.1 Å². The average molecular weight is 518 g/mol. The number of benzene rings is 3. The molecule has 0 aromatic heterocycles. The minimum Gasteiger partial charge on any atom is -0.490 e. The van der Waals surface area contributed by atoms with Crippen molar-refractivity contribution in [3.8, 4) is 11.5 Å². The zero-order valence-corrected chi connectivity index (χ0v) is 19.9. The lowest BCUT2D eigenvalue weighted by Gasteiger charge is -2.33. The minimum atomic E-state index is -5.19. The topological polar surface area (TPSA) is 74.3 Å². The summed E-state index contributed by atoms with van der Waals surface area (Å²) >= 11 is 0. The fourth-order valence-electron chi connectivity index (χ4n) is 3.92. The molecule has 0 amide bonds. The molecular formula is C27H26F3NO6. The predicted octanol–water partition coefficient (Wildman–Crippen LogP) is 4.69. The van der Waals surface area contributed by atoms with Crippen LogP contribution in [0.15, 0.2) is 66.7 Å². The summed E-state index contributed by atoms with van der Waals surface area (Å²) in [7, 11) is 0. The maximum absolute atomic E-state index is 12.2. The molecule has 0 saturated carbocycles. The van der Waals surface area contributed by atoms with Crippen LogP contribution >= 0.6 is 0 Å². The van der Waals surface area contributed by atoms with E-state index in [4.69, 9.17) is 14.2 Å². The van der Waals surface area contributed by atoms with Gasteiger partial charge in [-0.25, -0.2) is 4.79 Å². The van der Waals surface area contributed by atoms with Crippen molar-refractivity contribution >= 4 is 22.7 Å². The molecule has 3 aromatic rings. The van der Waals surface area contributed by atoms with E-state index in [0.29, 0.717) is 38.7 Å². The average Bonchev–Trinajstić information content (AvgIpc) is 2.90. The number of fused-ring (bicyclic) bond motifs is 1. The number of ether oxygens (including phenoxy) is 4. The largest absolute Gasteiger partial charge is 0.491 e. The van der Waals surface area contributed by atoms with Crippen molar-refractivity contribution in [1.29, 1.82) is 0 Å². The molecule has 0 radical (unpaired) electrons. The van der Waals surface area contributed by atoms with Crippen LogP contribution in [0.5, 0.6) is 11.5 Å². The fourth-order valence-corrected chi connectivity index (χ4v) is 3.92. The number of carbonyl (C=O) groups is 2. The normalized spacial score (nSPS) is 16.4. The molecule has 7 nitrogen and oxygen atoms in total. The zero-order valence-electron chi connectivity index (χ0n) is 19.9. The highest BCUT2D eigenvalue weighted by molar-refractivity contribution is 5.88. The lowest BCUT2D eigenvalue weighted by molar-refractivity contribution is -0.202. The number of hydrogen-bond donors (Lipinski definition) is 0. The van der Waals surface area contributed by atoms with Crippen molar-refractivity contribution in [1.82, 2.24) is 4.90 Å². The molecule has 0 aliphatic carbocycles. The molecule has 4 rings (SSSR count). The van der Waals surface area contributed by atoms with E-state index < -0.39 is 18.1 Å². The summed E-state index contributed by atoms with van der Waals surface area (Å²) in [5.41, 5.74) is 0.902. The first-order valence-electron chi connectivity index (χ1n) is 11.8. The summed E-state index contributed by atoms with van der Waals surface area (Å²) in [5, 5.41) is 2.26. The van der Waals surface area contributed by atoms with Crippen molar-refractivity contribution in [2.75, 3.05) is 39.5 Å². The van der Waals surface area contributed by atoms with Gasteiger partial charge in [0.25, 0.3) is 0 Å². The highest BCUT2D eigenvalue weighted by atomic mass is 19.4. The molecule has 1 unspecified atom stereocenters. The quantitative estimate of drug-likeness (QED) is 0.232. The molecule has 0 N–H and O–H groups in total. The monoisotopic (exact) mass is 517 g/mol. The molecule has 0 spiro atoms. The Morgan fingerprint density at radius 3 is 2.32 bits per heavy atom. The summed E-state index contributed by atoms with van der Waals surface area (Å²) in [6.45, 7) is 2.26. The smallest absolute Gasteiger partial charge is 0.490 e. The number of alkyl halides is 3. The number of esters is 2. The van der Waals surface area contributed by atoms with E-state index >= 15 is 0 Å². The second kappa shape index (κ2) is 12.1. The Bertz CT molecular complexity index is 1210. The summed E-state index contributed by atoms with van der Waals surface area (Å²) in [6.07, 6.45) is -5.80. The number of halogens is 3. The van der Waals surface area contributed by atoms with Crippen LogP contribution in [0.3, 0.4) is 0 Å². The first-order valence-corrected chi connectivity index (χ1v) is 11.8. The highest BCUT2D eigenvalue weighted by Crippen LogP contribution is 2.25. The molecule has 37 heavy (non-hydrogen) atoms. The molecule has 1 heterocycles. The number of nitrogens with zero attached hydrogens (tertiary/aromatic N) is 1. The fraction of sp³-hybridized carbons (Fsp3) is 0.333. The molecule has 3 aromatic carbocycles. The Labute approximate surface area is 211 Å². The van der Waals surface area contributed by atoms with Gasteiger partial charge < -0.3 is 18.9 Å². The number of rotatable bonds is 9. The van der Waals surface area contributed by atoms with Gasteiger partial charge in [0.15, 0.2) is 0 Å².